The number of hydrogen-bond donors (Lipinski definition) is 0. The molecule has 3 nitrogen and oxygen atoms in total. The minimum absolute atomic E-state index is 0.523. The molecule has 14 heavy (non-hydrogen) atoms. The van der Waals surface area contributed by atoms with Gasteiger partial charge in [-0.3, -0.25) is 0 Å². The van der Waals surface area contributed by atoms with Crippen molar-refractivity contribution in [1.29, 1.82) is 0 Å². The molecule has 0 aliphatic heterocycles. The Morgan fingerprint density at radius 1 is 1.21 bits per heavy atom. The standard InChI is InChI=1S/C11H18O3/c1-3-4-7-13-9-11-6-5-10(14-11)8-12-2/h5-6H,3-4,7-9H2,1-2H3. The van der Waals surface area contributed by atoms with Gasteiger partial charge in [0, 0.05) is 13.7 Å². The number of unbranched alkanes of at least 4 members (excludes halogenated alkanes) is 1. The first-order valence-corrected chi connectivity index (χ1v) is 5.01. The van der Waals surface area contributed by atoms with Crippen molar-refractivity contribution in [3.8, 4) is 0 Å². The van der Waals surface area contributed by atoms with Gasteiger partial charge in [0.25, 0.3) is 0 Å². The second kappa shape index (κ2) is 6.62. The summed E-state index contributed by atoms with van der Waals surface area (Å²) in [4.78, 5) is 0. The molecule has 0 bridgehead atoms. The van der Waals surface area contributed by atoms with Crippen LogP contribution in [0.15, 0.2) is 16.5 Å². The van der Waals surface area contributed by atoms with E-state index >= 15 is 0 Å². The minimum atomic E-state index is 0.523. The van der Waals surface area contributed by atoms with E-state index in [0.29, 0.717) is 13.2 Å². The van der Waals surface area contributed by atoms with Crippen molar-refractivity contribution in [2.45, 2.75) is 33.0 Å². The molecule has 0 aliphatic rings. The molecular formula is C11H18O3. The van der Waals surface area contributed by atoms with Crippen LogP contribution < -0.4 is 0 Å². The molecule has 0 atom stereocenters. The Balaban J connectivity index is 2.22. The topological polar surface area (TPSA) is 31.6 Å². The van der Waals surface area contributed by atoms with Crippen molar-refractivity contribution in [1.82, 2.24) is 0 Å². The lowest BCUT2D eigenvalue weighted by Crippen LogP contribution is -1.93. The summed E-state index contributed by atoms with van der Waals surface area (Å²) in [6, 6.07) is 3.85. The molecule has 0 amide bonds. The van der Waals surface area contributed by atoms with Gasteiger partial charge in [-0.15, -0.1) is 0 Å². The second-order valence-corrected chi connectivity index (χ2v) is 3.21. The molecule has 1 heterocycles. The highest BCUT2D eigenvalue weighted by atomic mass is 16.5. The first-order chi connectivity index (χ1) is 6.86. The number of methoxy groups -OCH3 is 1. The number of ether oxygens (including phenoxy) is 2. The molecule has 1 aromatic rings. The fourth-order valence-corrected chi connectivity index (χ4v) is 1.14. The van der Waals surface area contributed by atoms with Crippen LogP contribution in [0.2, 0.25) is 0 Å². The lowest BCUT2D eigenvalue weighted by molar-refractivity contribution is 0.0985. The molecule has 0 spiro atoms. The average molecular weight is 198 g/mol. The Morgan fingerprint density at radius 3 is 2.57 bits per heavy atom. The Kier molecular flexibility index (Phi) is 5.33. The second-order valence-electron chi connectivity index (χ2n) is 3.21. The SMILES string of the molecule is CCCCOCc1ccc(COC)o1. The van der Waals surface area contributed by atoms with Gasteiger partial charge >= 0.3 is 0 Å². The van der Waals surface area contributed by atoms with Crippen LogP contribution in [0.5, 0.6) is 0 Å². The Labute approximate surface area is 85.0 Å². The Hall–Kier alpha value is -0.800. The van der Waals surface area contributed by atoms with Gasteiger partial charge in [0.2, 0.25) is 0 Å². The maximum Gasteiger partial charge on any atom is 0.129 e. The lowest BCUT2D eigenvalue weighted by atomic mass is 10.4. The van der Waals surface area contributed by atoms with E-state index in [0.717, 1.165) is 31.0 Å². The molecular weight excluding hydrogens is 180 g/mol. The molecule has 0 aliphatic carbocycles. The quantitative estimate of drug-likeness (QED) is 0.631. The molecule has 1 rings (SSSR count). The highest BCUT2D eigenvalue weighted by Gasteiger charge is 2.01. The minimum Gasteiger partial charge on any atom is -0.461 e. The normalized spacial score (nSPS) is 10.7. The van der Waals surface area contributed by atoms with Gasteiger partial charge in [-0.05, 0) is 18.6 Å². The maximum atomic E-state index is 5.45. The van der Waals surface area contributed by atoms with Crippen molar-refractivity contribution in [2.75, 3.05) is 13.7 Å². The van der Waals surface area contributed by atoms with Crippen molar-refractivity contribution >= 4 is 0 Å². The smallest absolute Gasteiger partial charge is 0.129 e. The van der Waals surface area contributed by atoms with Crippen molar-refractivity contribution < 1.29 is 13.9 Å². The van der Waals surface area contributed by atoms with Gasteiger partial charge < -0.3 is 13.9 Å². The van der Waals surface area contributed by atoms with Crippen LogP contribution in [0.1, 0.15) is 31.3 Å². The van der Waals surface area contributed by atoms with E-state index in [1.807, 2.05) is 12.1 Å². The van der Waals surface area contributed by atoms with E-state index < -0.39 is 0 Å². The number of hydrogen-bond acceptors (Lipinski definition) is 3. The number of rotatable bonds is 7. The van der Waals surface area contributed by atoms with E-state index in [1.54, 1.807) is 7.11 Å². The molecule has 80 valence electrons. The monoisotopic (exact) mass is 198 g/mol. The summed E-state index contributed by atoms with van der Waals surface area (Å²) in [5.41, 5.74) is 0. The van der Waals surface area contributed by atoms with E-state index in [1.165, 1.54) is 0 Å². The molecule has 0 aromatic carbocycles. The first-order valence-electron chi connectivity index (χ1n) is 5.01. The van der Waals surface area contributed by atoms with Gasteiger partial charge in [0.1, 0.15) is 24.7 Å². The third-order valence-corrected chi connectivity index (χ3v) is 1.89. The molecule has 0 N–H and O–H groups in total. The maximum absolute atomic E-state index is 5.45. The molecule has 3 heteroatoms. The van der Waals surface area contributed by atoms with Crippen molar-refractivity contribution in [3.05, 3.63) is 23.7 Å². The molecule has 0 saturated carbocycles. The summed E-state index contributed by atoms with van der Waals surface area (Å²) >= 11 is 0. The zero-order valence-electron chi connectivity index (χ0n) is 8.91. The van der Waals surface area contributed by atoms with Crippen LogP contribution in [0.3, 0.4) is 0 Å². The summed E-state index contributed by atoms with van der Waals surface area (Å²) in [5, 5.41) is 0. The summed E-state index contributed by atoms with van der Waals surface area (Å²) in [5.74, 6) is 1.72. The largest absolute Gasteiger partial charge is 0.461 e. The molecule has 0 fully saturated rings. The van der Waals surface area contributed by atoms with Gasteiger partial charge in [-0.1, -0.05) is 13.3 Å². The number of furan rings is 1. The van der Waals surface area contributed by atoms with Crippen molar-refractivity contribution in [2.24, 2.45) is 0 Å². The van der Waals surface area contributed by atoms with Crippen LogP contribution in [0.25, 0.3) is 0 Å². The summed E-state index contributed by atoms with van der Waals surface area (Å²) in [7, 11) is 1.65. The molecule has 0 saturated heterocycles. The predicted molar refractivity (Wildman–Crippen MR) is 54.0 cm³/mol. The van der Waals surface area contributed by atoms with Gasteiger partial charge in [-0.2, -0.15) is 0 Å². The van der Waals surface area contributed by atoms with Crippen LogP contribution in [-0.4, -0.2) is 13.7 Å². The highest BCUT2D eigenvalue weighted by Crippen LogP contribution is 2.10. The summed E-state index contributed by atoms with van der Waals surface area (Å²) < 4.78 is 15.8. The summed E-state index contributed by atoms with van der Waals surface area (Å²) in [6.45, 7) is 4.03. The van der Waals surface area contributed by atoms with Crippen LogP contribution in [0.4, 0.5) is 0 Å². The average Bonchev–Trinajstić information content (AvgIpc) is 2.61. The van der Waals surface area contributed by atoms with Crippen LogP contribution >= 0.6 is 0 Å². The lowest BCUT2D eigenvalue weighted by Gasteiger charge is -1.99. The third-order valence-electron chi connectivity index (χ3n) is 1.89. The molecule has 1 aromatic heterocycles. The predicted octanol–water partition coefficient (Wildman–Crippen LogP) is 2.74. The molecule has 0 radical (unpaired) electrons. The van der Waals surface area contributed by atoms with Crippen molar-refractivity contribution in [3.63, 3.8) is 0 Å². The molecule has 0 unspecified atom stereocenters. The zero-order chi connectivity index (χ0) is 10.2. The van der Waals surface area contributed by atoms with E-state index in [-0.39, 0.29) is 0 Å². The fraction of sp³-hybridized carbons (Fsp3) is 0.636. The van der Waals surface area contributed by atoms with Gasteiger partial charge in [0.15, 0.2) is 0 Å². The highest BCUT2D eigenvalue weighted by molar-refractivity contribution is 5.05. The van der Waals surface area contributed by atoms with Gasteiger partial charge in [-0.25, -0.2) is 0 Å². The van der Waals surface area contributed by atoms with E-state index in [4.69, 9.17) is 13.9 Å². The van der Waals surface area contributed by atoms with Crippen LogP contribution in [-0.2, 0) is 22.7 Å². The van der Waals surface area contributed by atoms with E-state index in [9.17, 15) is 0 Å². The fourth-order valence-electron chi connectivity index (χ4n) is 1.14. The Morgan fingerprint density at radius 2 is 1.93 bits per heavy atom. The zero-order valence-corrected chi connectivity index (χ0v) is 8.91. The third kappa shape index (κ3) is 3.94. The Bertz CT molecular complexity index is 242. The first kappa shape index (κ1) is 11.3. The summed E-state index contributed by atoms with van der Waals surface area (Å²) in [6.07, 6.45) is 2.26. The van der Waals surface area contributed by atoms with Gasteiger partial charge in [0.05, 0.1) is 0 Å². The van der Waals surface area contributed by atoms with Crippen LogP contribution in [0, 0.1) is 0 Å². The van der Waals surface area contributed by atoms with E-state index in [2.05, 4.69) is 6.92 Å².